The first-order valence-electron chi connectivity index (χ1n) is 4.30. The molecule has 0 aromatic heterocycles. The summed E-state index contributed by atoms with van der Waals surface area (Å²) >= 11 is 1.67. The Balaban J connectivity index is 2.22. The van der Waals surface area contributed by atoms with Crippen molar-refractivity contribution in [3.63, 3.8) is 0 Å². The molecule has 1 atom stereocenters. The molecular weight excluding hydrogens is 186 g/mol. The molecule has 1 saturated heterocycles. The Bertz CT molecular complexity index is 217. The molecule has 1 unspecified atom stereocenters. The van der Waals surface area contributed by atoms with Gasteiger partial charge in [0.15, 0.2) is 5.17 Å². The third-order valence-electron chi connectivity index (χ3n) is 1.93. The van der Waals surface area contributed by atoms with Gasteiger partial charge >= 0.3 is 0 Å². The summed E-state index contributed by atoms with van der Waals surface area (Å²) in [6, 6.07) is 0. The molecule has 0 radical (unpaired) electrons. The van der Waals surface area contributed by atoms with E-state index < -0.39 is 0 Å². The van der Waals surface area contributed by atoms with Crippen molar-refractivity contribution in [2.24, 2.45) is 10.9 Å². The summed E-state index contributed by atoms with van der Waals surface area (Å²) in [6.07, 6.45) is 0.660. The maximum atomic E-state index is 10.9. The van der Waals surface area contributed by atoms with Crippen LogP contribution in [0.1, 0.15) is 6.42 Å². The van der Waals surface area contributed by atoms with Gasteiger partial charge in [-0.2, -0.15) is 0 Å². The largest absolute Gasteiger partial charge is 0.368 e. The summed E-state index contributed by atoms with van der Waals surface area (Å²) in [5, 5.41) is 6.74. The summed E-state index contributed by atoms with van der Waals surface area (Å²) in [7, 11) is 3.62. The molecule has 0 bridgehead atoms. The van der Waals surface area contributed by atoms with Crippen molar-refractivity contribution in [1.29, 1.82) is 0 Å². The monoisotopic (exact) mass is 201 g/mol. The fourth-order valence-electron chi connectivity index (χ4n) is 1.23. The van der Waals surface area contributed by atoms with Crippen LogP contribution in [0, 0.1) is 5.92 Å². The number of thioether (sulfide) groups is 1. The third kappa shape index (κ3) is 3.26. The van der Waals surface area contributed by atoms with Crippen LogP contribution in [-0.4, -0.2) is 37.5 Å². The van der Waals surface area contributed by atoms with Crippen molar-refractivity contribution in [3.8, 4) is 0 Å². The Kier molecular flexibility index (Phi) is 4.08. The summed E-state index contributed by atoms with van der Waals surface area (Å²) in [4.78, 5) is 14.9. The summed E-state index contributed by atoms with van der Waals surface area (Å²) < 4.78 is 0. The Hall–Kier alpha value is -0.710. The standard InChI is InChI=1S/C8H15N3OS/c1-9-8(10-2)13-5-6-3-7(12)11-4-6/h6H,3-5H2,1-2H3,(H,9,10)(H,11,12). The second-order valence-corrected chi connectivity index (χ2v) is 3.97. The predicted octanol–water partition coefficient (Wildman–Crippen LogP) is 0.0609. The Labute approximate surface area is 82.6 Å². The lowest BCUT2D eigenvalue weighted by Crippen LogP contribution is -2.18. The van der Waals surface area contributed by atoms with Crippen LogP contribution in [0.4, 0.5) is 0 Å². The maximum absolute atomic E-state index is 10.9. The second-order valence-electron chi connectivity index (χ2n) is 2.96. The van der Waals surface area contributed by atoms with Crippen LogP contribution in [0.15, 0.2) is 4.99 Å². The van der Waals surface area contributed by atoms with Gasteiger partial charge in [0.25, 0.3) is 0 Å². The smallest absolute Gasteiger partial charge is 0.220 e. The van der Waals surface area contributed by atoms with Gasteiger partial charge in [0.2, 0.25) is 5.91 Å². The number of amides is 1. The van der Waals surface area contributed by atoms with Crippen molar-refractivity contribution < 1.29 is 4.79 Å². The van der Waals surface area contributed by atoms with Crippen molar-refractivity contribution in [2.45, 2.75) is 6.42 Å². The zero-order valence-electron chi connectivity index (χ0n) is 7.96. The number of amidine groups is 1. The molecular formula is C8H15N3OS. The molecule has 1 fully saturated rings. The number of aliphatic imine (C=N–C) groups is 1. The van der Waals surface area contributed by atoms with Crippen LogP contribution >= 0.6 is 11.8 Å². The van der Waals surface area contributed by atoms with Gasteiger partial charge in [0, 0.05) is 32.8 Å². The van der Waals surface area contributed by atoms with E-state index in [4.69, 9.17) is 0 Å². The molecule has 1 heterocycles. The first-order valence-corrected chi connectivity index (χ1v) is 5.29. The summed E-state index contributed by atoms with van der Waals surface area (Å²) in [6.45, 7) is 0.812. The van der Waals surface area contributed by atoms with E-state index in [0.717, 1.165) is 17.5 Å². The van der Waals surface area contributed by atoms with Gasteiger partial charge in [-0.05, 0) is 5.92 Å². The molecule has 0 aromatic rings. The third-order valence-corrected chi connectivity index (χ3v) is 3.23. The Morgan fingerprint density at radius 2 is 2.62 bits per heavy atom. The van der Waals surface area contributed by atoms with Crippen LogP contribution in [0.5, 0.6) is 0 Å². The fourth-order valence-corrected chi connectivity index (χ4v) is 2.13. The topological polar surface area (TPSA) is 53.5 Å². The lowest BCUT2D eigenvalue weighted by molar-refractivity contribution is -0.119. The molecule has 1 aliphatic rings. The van der Waals surface area contributed by atoms with Gasteiger partial charge in [-0.25, -0.2) is 0 Å². The molecule has 1 aliphatic heterocycles. The predicted molar refractivity (Wildman–Crippen MR) is 56.0 cm³/mol. The van der Waals surface area contributed by atoms with E-state index in [1.165, 1.54) is 0 Å². The normalized spacial score (nSPS) is 23.1. The highest BCUT2D eigenvalue weighted by molar-refractivity contribution is 8.13. The molecule has 0 aromatic carbocycles. The Morgan fingerprint density at radius 3 is 3.08 bits per heavy atom. The zero-order chi connectivity index (χ0) is 9.68. The van der Waals surface area contributed by atoms with Crippen LogP contribution in [0.3, 0.4) is 0 Å². The minimum atomic E-state index is 0.171. The summed E-state index contributed by atoms with van der Waals surface area (Å²) in [5.41, 5.74) is 0. The minimum absolute atomic E-state index is 0.171. The number of nitrogens with zero attached hydrogens (tertiary/aromatic N) is 1. The first kappa shape index (κ1) is 10.4. The lowest BCUT2D eigenvalue weighted by atomic mass is 10.1. The number of hydrogen-bond acceptors (Lipinski definition) is 3. The molecule has 4 nitrogen and oxygen atoms in total. The van der Waals surface area contributed by atoms with Crippen LogP contribution in [0.25, 0.3) is 0 Å². The highest BCUT2D eigenvalue weighted by atomic mass is 32.2. The highest BCUT2D eigenvalue weighted by Crippen LogP contribution is 2.15. The molecule has 1 rings (SSSR count). The van der Waals surface area contributed by atoms with Gasteiger partial charge in [-0.3, -0.25) is 9.79 Å². The van der Waals surface area contributed by atoms with Gasteiger partial charge in [0.1, 0.15) is 0 Å². The molecule has 0 saturated carbocycles. The van der Waals surface area contributed by atoms with Crippen molar-refractivity contribution in [3.05, 3.63) is 0 Å². The quantitative estimate of drug-likeness (QED) is 0.491. The maximum Gasteiger partial charge on any atom is 0.220 e. The fraction of sp³-hybridized carbons (Fsp3) is 0.750. The molecule has 5 heteroatoms. The SMILES string of the molecule is CN=C(NC)SCC1CNC(=O)C1. The van der Waals surface area contributed by atoms with E-state index in [1.807, 2.05) is 7.05 Å². The van der Waals surface area contributed by atoms with E-state index in [-0.39, 0.29) is 5.91 Å². The number of rotatable bonds is 2. The average molecular weight is 201 g/mol. The second kappa shape index (κ2) is 5.11. The minimum Gasteiger partial charge on any atom is -0.368 e. The van der Waals surface area contributed by atoms with Crippen molar-refractivity contribution >= 4 is 22.8 Å². The van der Waals surface area contributed by atoms with Crippen LogP contribution in [0.2, 0.25) is 0 Å². The van der Waals surface area contributed by atoms with Crippen molar-refractivity contribution in [1.82, 2.24) is 10.6 Å². The van der Waals surface area contributed by atoms with Crippen molar-refractivity contribution in [2.75, 3.05) is 26.4 Å². The van der Waals surface area contributed by atoms with Crippen LogP contribution < -0.4 is 10.6 Å². The number of nitrogens with one attached hydrogen (secondary N) is 2. The van der Waals surface area contributed by atoms with Gasteiger partial charge in [0.05, 0.1) is 0 Å². The first-order chi connectivity index (χ1) is 6.26. The molecule has 1 amide bonds. The number of carbonyl (C=O) groups is 1. The molecule has 2 N–H and O–H groups in total. The molecule has 0 aliphatic carbocycles. The van der Waals surface area contributed by atoms with Crippen LogP contribution in [-0.2, 0) is 4.79 Å². The Morgan fingerprint density at radius 1 is 1.85 bits per heavy atom. The molecule has 74 valence electrons. The van der Waals surface area contributed by atoms with E-state index in [9.17, 15) is 4.79 Å². The zero-order valence-corrected chi connectivity index (χ0v) is 8.78. The van der Waals surface area contributed by atoms with E-state index in [1.54, 1.807) is 18.8 Å². The molecule has 13 heavy (non-hydrogen) atoms. The lowest BCUT2D eigenvalue weighted by Gasteiger charge is -2.07. The van der Waals surface area contributed by atoms with E-state index >= 15 is 0 Å². The van der Waals surface area contributed by atoms with Gasteiger partial charge in [-0.1, -0.05) is 11.8 Å². The number of hydrogen-bond donors (Lipinski definition) is 2. The highest BCUT2D eigenvalue weighted by Gasteiger charge is 2.21. The van der Waals surface area contributed by atoms with Gasteiger partial charge in [-0.15, -0.1) is 0 Å². The van der Waals surface area contributed by atoms with E-state index in [2.05, 4.69) is 15.6 Å². The van der Waals surface area contributed by atoms with Gasteiger partial charge < -0.3 is 10.6 Å². The molecule has 0 spiro atoms. The van der Waals surface area contributed by atoms with E-state index in [0.29, 0.717) is 12.3 Å². The summed E-state index contributed by atoms with van der Waals surface area (Å²) in [5.74, 6) is 1.58. The number of carbonyl (C=O) groups excluding carboxylic acids is 1. The average Bonchev–Trinajstić information content (AvgIpc) is 2.53.